The average molecular weight is 301 g/mol. The molecule has 1 saturated heterocycles. The third-order valence-corrected chi connectivity index (χ3v) is 3.73. The first kappa shape index (κ1) is 14.5. The van der Waals surface area contributed by atoms with E-state index in [1.165, 1.54) is 6.20 Å². The van der Waals surface area contributed by atoms with E-state index in [1.807, 2.05) is 12.1 Å². The van der Waals surface area contributed by atoms with Gasteiger partial charge in [-0.2, -0.15) is 15.4 Å². The molecule has 1 aromatic heterocycles. The zero-order valence-electron chi connectivity index (χ0n) is 12.5. The molecule has 2 aromatic rings. The van der Waals surface area contributed by atoms with Crippen LogP contribution >= 0.6 is 0 Å². The van der Waals surface area contributed by atoms with Crippen LogP contribution in [0.1, 0.15) is 16.1 Å². The van der Waals surface area contributed by atoms with E-state index in [9.17, 15) is 4.79 Å². The fourth-order valence-corrected chi connectivity index (χ4v) is 2.58. The van der Waals surface area contributed by atoms with Gasteiger partial charge in [-0.3, -0.25) is 4.79 Å². The number of hydrogen-bond acceptors (Lipinski definition) is 5. The molecule has 1 aliphatic heterocycles. The molecule has 116 valence electrons. The Balaban J connectivity index is 1.75. The van der Waals surface area contributed by atoms with Gasteiger partial charge in [-0.15, -0.1) is 0 Å². The first-order valence-corrected chi connectivity index (χ1v) is 7.27. The number of anilines is 1. The van der Waals surface area contributed by atoms with Crippen molar-refractivity contribution in [2.24, 2.45) is 0 Å². The molecule has 1 aliphatic rings. The van der Waals surface area contributed by atoms with Crippen molar-refractivity contribution in [2.75, 3.05) is 38.3 Å². The summed E-state index contributed by atoms with van der Waals surface area (Å²) in [6.07, 6.45) is 1.44. The van der Waals surface area contributed by atoms with Crippen LogP contribution in [-0.4, -0.2) is 59.6 Å². The summed E-state index contributed by atoms with van der Waals surface area (Å²) in [6, 6.07) is 8.16. The summed E-state index contributed by atoms with van der Waals surface area (Å²) in [6.45, 7) is 3.75. The monoisotopic (exact) mass is 301 g/mol. The van der Waals surface area contributed by atoms with Crippen molar-refractivity contribution < 1.29 is 9.53 Å². The van der Waals surface area contributed by atoms with E-state index in [4.69, 9.17) is 4.74 Å². The molecule has 22 heavy (non-hydrogen) atoms. The van der Waals surface area contributed by atoms with Crippen LogP contribution in [0.25, 0.3) is 0 Å². The lowest BCUT2D eigenvalue weighted by Gasteiger charge is -2.31. The Kier molecular flexibility index (Phi) is 4.34. The minimum Gasteiger partial charge on any atom is -0.378 e. The van der Waals surface area contributed by atoms with Gasteiger partial charge < -0.3 is 14.5 Å². The highest BCUT2D eigenvalue weighted by atomic mass is 16.5. The molecule has 1 fully saturated rings. The van der Waals surface area contributed by atoms with Gasteiger partial charge in [0.2, 0.25) is 0 Å². The molecule has 3 rings (SSSR count). The highest BCUT2D eigenvalue weighted by molar-refractivity contribution is 5.91. The number of morpholine rings is 1. The van der Waals surface area contributed by atoms with E-state index in [1.54, 1.807) is 11.9 Å². The van der Waals surface area contributed by atoms with Gasteiger partial charge in [0, 0.05) is 32.4 Å². The van der Waals surface area contributed by atoms with Crippen LogP contribution in [0.3, 0.4) is 0 Å². The molecule has 1 amide bonds. The smallest absolute Gasteiger partial charge is 0.276 e. The summed E-state index contributed by atoms with van der Waals surface area (Å²) in [4.78, 5) is 16.2. The van der Waals surface area contributed by atoms with E-state index in [-0.39, 0.29) is 5.91 Å². The molecule has 0 spiro atoms. The predicted molar refractivity (Wildman–Crippen MR) is 81.7 cm³/mol. The van der Waals surface area contributed by atoms with Gasteiger partial charge in [0.25, 0.3) is 5.91 Å². The molecule has 0 radical (unpaired) electrons. The van der Waals surface area contributed by atoms with Gasteiger partial charge >= 0.3 is 0 Å². The molecule has 2 heterocycles. The first-order chi connectivity index (χ1) is 10.8. The maximum Gasteiger partial charge on any atom is 0.276 e. The normalized spacial score (nSPS) is 14.9. The maximum absolute atomic E-state index is 12.3. The lowest BCUT2D eigenvalue weighted by molar-refractivity contribution is 0.0779. The number of aromatic amines is 1. The molecule has 0 bridgehead atoms. The van der Waals surface area contributed by atoms with Gasteiger partial charge in [0.15, 0.2) is 5.69 Å². The molecular formula is C15H19N5O2. The quantitative estimate of drug-likeness (QED) is 0.908. The number of rotatable bonds is 4. The summed E-state index contributed by atoms with van der Waals surface area (Å²) in [5.74, 6) is -0.148. The number of hydrogen-bond donors (Lipinski definition) is 1. The number of nitrogens with zero attached hydrogens (tertiary/aromatic N) is 4. The number of benzene rings is 1. The largest absolute Gasteiger partial charge is 0.378 e. The van der Waals surface area contributed by atoms with Gasteiger partial charge in [-0.25, -0.2) is 0 Å². The molecule has 0 saturated carbocycles. The van der Waals surface area contributed by atoms with Crippen molar-refractivity contribution in [3.8, 4) is 0 Å². The van der Waals surface area contributed by atoms with E-state index < -0.39 is 0 Å². The molecule has 1 aromatic carbocycles. The minimum atomic E-state index is -0.148. The average Bonchev–Trinajstić information content (AvgIpc) is 3.10. The number of ether oxygens (including phenoxy) is 1. The van der Waals surface area contributed by atoms with Crippen LogP contribution in [0.5, 0.6) is 0 Å². The second-order valence-electron chi connectivity index (χ2n) is 5.24. The van der Waals surface area contributed by atoms with Crippen molar-refractivity contribution in [1.29, 1.82) is 0 Å². The molecule has 0 unspecified atom stereocenters. The topological polar surface area (TPSA) is 74.3 Å². The second-order valence-corrected chi connectivity index (χ2v) is 5.24. The summed E-state index contributed by atoms with van der Waals surface area (Å²) >= 11 is 0. The maximum atomic E-state index is 12.3. The fourth-order valence-electron chi connectivity index (χ4n) is 2.58. The number of carbonyl (C=O) groups excluding carboxylic acids is 1. The molecule has 1 N–H and O–H groups in total. The zero-order valence-corrected chi connectivity index (χ0v) is 12.5. The van der Waals surface area contributed by atoms with Crippen LogP contribution in [-0.2, 0) is 11.3 Å². The van der Waals surface area contributed by atoms with E-state index in [2.05, 4.69) is 32.4 Å². The van der Waals surface area contributed by atoms with E-state index >= 15 is 0 Å². The lowest BCUT2D eigenvalue weighted by Crippen LogP contribution is -2.37. The number of para-hydroxylation sites is 1. The lowest BCUT2D eigenvalue weighted by atomic mass is 10.1. The Morgan fingerprint density at radius 2 is 2.14 bits per heavy atom. The SMILES string of the molecule is CN(Cc1ccccc1N1CCOCC1)C(=O)c1cn[nH]n1. The van der Waals surface area contributed by atoms with Gasteiger partial charge in [-0.05, 0) is 11.6 Å². The van der Waals surface area contributed by atoms with Gasteiger partial charge in [-0.1, -0.05) is 18.2 Å². The number of aromatic nitrogens is 3. The summed E-state index contributed by atoms with van der Waals surface area (Å²) in [5, 5.41) is 9.98. The van der Waals surface area contributed by atoms with Crippen molar-refractivity contribution in [3.05, 3.63) is 41.7 Å². The summed E-state index contributed by atoms with van der Waals surface area (Å²) in [7, 11) is 1.77. The Labute approximate surface area is 128 Å². The molecule has 0 aliphatic carbocycles. The van der Waals surface area contributed by atoms with Crippen LogP contribution in [0.15, 0.2) is 30.5 Å². The number of carbonyl (C=O) groups is 1. The Morgan fingerprint density at radius 3 is 2.86 bits per heavy atom. The number of amides is 1. The Hall–Kier alpha value is -2.41. The second kappa shape index (κ2) is 6.57. The fraction of sp³-hybridized carbons (Fsp3) is 0.400. The van der Waals surface area contributed by atoms with Gasteiger partial charge in [0.1, 0.15) is 0 Å². The van der Waals surface area contributed by atoms with Gasteiger partial charge in [0.05, 0.1) is 19.4 Å². The summed E-state index contributed by atoms with van der Waals surface area (Å²) < 4.78 is 5.40. The van der Waals surface area contributed by atoms with Crippen molar-refractivity contribution in [1.82, 2.24) is 20.3 Å². The van der Waals surface area contributed by atoms with Crippen molar-refractivity contribution in [2.45, 2.75) is 6.54 Å². The zero-order chi connectivity index (χ0) is 15.4. The van der Waals surface area contributed by atoms with Crippen LogP contribution in [0.4, 0.5) is 5.69 Å². The van der Waals surface area contributed by atoms with Crippen molar-refractivity contribution >= 4 is 11.6 Å². The highest BCUT2D eigenvalue weighted by Gasteiger charge is 2.18. The van der Waals surface area contributed by atoms with Crippen LogP contribution in [0, 0.1) is 0 Å². The predicted octanol–water partition coefficient (Wildman–Crippen LogP) is 0.913. The third kappa shape index (κ3) is 3.09. The van der Waals surface area contributed by atoms with E-state index in [0.717, 1.165) is 37.6 Å². The number of H-pyrrole nitrogens is 1. The first-order valence-electron chi connectivity index (χ1n) is 7.27. The molecule has 7 nitrogen and oxygen atoms in total. The highest BCUT2D eigenvalue weighted by Crippen LogP contribution is 2.23. The van der Waals surface area contributed by atoms with Crippen molar-refractivity contribution in [3.63, 3.8) is 0 Å². The minimum absolute atomic E-state index is 0.148. The molecule has 0 atom stereocenters. The van der Waals surface area contributed by atoms with E-state index in [0.29, 0.717) is 12.2 Å². The van der Waals surface area contributed by atoms with Crippen LogP contribution < -0.4 is 4.90 Å². The third-order valence-electron chi connectivity index (χ3n) is 3.73. The van der Waals surface area contributed by atoms with Crippen LogP contribution in [0.2, 0.25) is 0 Å². The Morgan fingerprint density at radius 1 is 1.36 bits per heavy atom. The summed E-state index contributed by atoms with van der Waals surface area (Å²) in [5.41, 5.74) is 2.60. The number of nitrogens with one attached hydrogen (secondary N) is 1. The standard InChI is InChI=1S/C15H19N5O2/c1-19(15(21)13-10-16-18-17-13)11-12-4-2-3-5-14(12)20-6-8-22-9-7-20/h2-5,10H,6-9,11H2,1H3,(H,16,17,18). The Bertz CT molecular complexity index is 623. The molecule has 7 heteroatoms. The molecular weight excluding hydrogens is 282 g/mol.